The van der Waals surface area contributed by atoms with Gasteiger partial charge < -0.3 is 9.88 Å². The zero-order valence-corrected chi connectivity index (χ0v) is 12.7. The average Bonchev–Trinajstić information content (AvgIpc) is 3.19. The van der Waals surface area contributed by atoms with Crippen LogP contribution in [-0.2, 0) is 13.1 Å². The van der Waals surface area contributed by atoms with Gasteiger partial charge in [0.1, 0.15) is 0 Å². The third-order valence-electron chi connectivity index (χ3n) is 6.36. The molecule has 1 aromatic heterocycles. The average molecular weight is 272 g/mol. The summed E-state index contributed by atoms with van der Waals surface area (Å²) >= 11 is 0. The van der Waals surface area contributed by atoms with Crippen molar-refractivity contribution in [3.8, 4) is 0 Å². The van der Waals surface area contributed by atoms with Crippen LogP contribution in [0.3, 0.4) is 0 Å². The van der Waals surface area contributed by atoms with E-state index in [9.17, 15) is 0 Å². The summed E-state index contributed by atoms with van der Waals surface area (Å²) in [4.78, 5) is 0. The molecule has 3 aliphatic rings. The number of nitrogens with one attached hydrogen (secondary N) is 1. The standard InChI is InChI=1S/C18H28N2/c1-2-8-20-9-4-5-14(20)12-19-18-11-13-10-17(18)16-7-3-6-15(13)16/h4-5,9,13,15-19H,2-3,6-8,10-12H2,1H3. The van der Waals surface area contributed by atoms with Crippen LogP contribution in [0.5, 0.6) is 0 Å². The van der Waals surface area contributed by atoms with Gasteiger partial charge in [-0.2, -0.15) is 0 Å². The second kappa shape index (κ2) is 5.22. The fourth-order valence-electron chi connectivity index (χ4n) is 5.61. The number of aromatic nitrogens is 1. The third kappa shape index (κ3) is 2.04. The van der Waals surface area contributed by atoms with E-state index in [0.29, 0.717) is 0 Å². The molecule has 0 aliphatic heterocycles. The van der Waals surface area contributed by atoms with Crippen molar-refractivity contribution < 1.29 is 0 Å². The summed E-state index contributed by atoms with van der Waals surface area (Å²) in [6, 6.07) is 5.29. The molecule has 3 saturated carbocycles. The summed E-state index contributed by atoms with van der Waals surface area (Å²) in [7, 11) is 0. The Kier molecular flexibility index (Phi) is 3.37. The molecule has 5 atom stereocenters. The second-order valence-corrected chi connectivity index (χ2v) is 7.33. The molecular formula is C18H28N2. The molecule has 1 N–H and O–H groups in total. The van der Waals surface area contributed by atoms with Crippen molar-refractivity contribution in [3.05, 3.63) is 24.0 Å². The van der Waals surface area contributed by atoms with Crippen LogP contribution in [0.4, 0.5) is 0 Å². The lowest BCUT2D eigenvalue weighted by Gasteiger charge is -2.32. The first-order chi connectivity index (χ1) is 9.86. The fourth-order valence-corrected chi connectivity index (χ4v) is 5.61. The summed E-state index contributed by atoms with van der Waals surface area (Å²) in [5.41, 5.74) is 1.47. The Morgan fingerprint density at radius 1 is 1.20 bits per heavy atom. The molecule has 2 bridgehead atoms. The van der Waals surface area contributed by atoms with Crippen molar-refractivity contribution in [1.82, 2.24) is 9.88 Å². The molecule has 1 aromatic rings. The van der Waals surface area contributed by atoms with Crippen LogP contribution in [0.2, 0.25) is 0 Å². The minimum atomic E-state index is 0.810. The lowest BCUT2D eigenvalue weighted by Crippen LogP contribution is -2.39. The smallest absolute Gasteiger partial charge is 0.0361 e. The first kappa shape index (κ1) is 12.9. The van der Waals surface area contributed by atoms with Crippen LogP contribution < -0.4 is 5.32 Å². The van der Waals surface area contributed by atoms with Crippen molar-refractivity contribution in [3.63, 3.8) is 0 Å². The monoisotopic (exact) mass is 272 g/mol. The maximum Gasteiger partial charge on any atom is 0.0361 e. The zero-order chi connectivity index (χ0) is 13.5. The Morgan fingerprint density at radius 3 is 3.00 bits per heavy atom. The van der Waals surface area contributed by atoms with Gasteiger partial charge in [-0.05, 0) is 67.9 Å². The van der Waals surface area contributed by atoms with Gasteiger partial charge in [-0.3, -0.25) is 0 Å². The molecule has 2 heteroatoms. The zero-order valence-electron chi connectivity index (χ0n) is 12.7. The number of hydrogen-bond acceptors (Lipinski definition) is 1. The van der Waals surface area contributed by atoms with Gasteiger partial charge >= 0.3 is 0 Å². The van der Waals surface area contributed by atoms with Crippen molar-refractivity contribution in [2.24, 2.45) is 23.7 Å². The highest BCUT2D eigenvalue weighted by molar-refractivity contribution is 5.09. The van der Waals surface area contributed by atoms with Crippen molar-refractivity contribution in [2.75, 3.05) is 0 Å². The first-order valence-electron chi connectivity index (χ1n) is 8.74. The molecule has 110 valence electrons. The minimum absolute atomic E-state index is 0.810. The van der Waals surface area contributed by atoms with Gasteiger partial charge in [0, 0.05) is 31.0 Å². The van der Waals surface area contributed by atoms with Crippen molar-refractivity contribution in [2.45, 2.75) is 64.6 Å². The Labute approximate surface area is 122 Å². The second-order valence-electron chi connectivity index (χ2n) is 7.33. The fraction of sp³-hybridized carbons (Fsp3) is 0.778. The molecule has 0 saturated heterocycles. The van der Waals surface area contributed by atoms with E-state index in [1.165, 1.54) is 44.2 Å². The number of fused-ring (bicyclic) bond motifs is 5. The molecule has 0 spiro atoms. The largest absolute Gasteiger partial charge is 0.350 e. The molecule has 2 nitrogen and oxygen atoms in total. The summed E-state index contributed by atoms with van der Waals surface area (Å²) in [5, 5.41) is 3.91. The van der Waals surface area contributed by atoms with Gasteiger partial charge in [0.05, 0.1) is 0 Å². The van der Waals surface area contributed by atoms with E-state index >= 15 is 0 Å². The van der Waals surface area contributed by atoms with Crippen molar-refractivity contribution in [1.29, 1.82) is 0 Å². The predicted molar refractivity (Wildman–Crippen MR) is 82.4 cm³/mol. The molecule has 0 aromatic carbocycles. The quantitative estimate of drug-likeness (QED) is 0.862. The SMILES string of the molecule is CCCn1cccc1CNC1CC2CC1C1CCCC21. The van der Waals surface area contributed by atoms with Crippen LogP contribution in [-0.4, -0.2) is 10.6 Å². The van der Waals surface area contributed by atoms with Crippen LogP contribution >= 0.6 is 0 Å². The summed E-state index contributed by atoms with van der Waals surface area (Å²) in [6.45, 7) is 4.48. The van der Waals surface area contributed by atoms with Gasteiger partial charge in [-0.25, -0.2) is 0 Å². The van der Waals surface area contributed by atoms with Crippen LogP contribution in [0.1, 0.15) is 51.1 Å². The minimum Gasteiger partial charge on any atom is -0.350 e. The van der Waals surface area contributed by atoms with Crippen LogP contribution in [0.25, 0.3) is 0 Å². The number of rotatable bonds is 5. The van der Waals surface area contributed by atoms with E-state index < -0.39 is 0 Å². The van der Waals surface area contributed by atoms with Gasteiger partial charge in [-0.15, -0.1) is 0 Å². The number of nitrogens with zero attached hydrogens (tertiary/aromatic N) is 1. The van der Waals surface area contributed by atoms with Crippen LogP contribution in [0.15, 0.2) is 18.3 Å². The lowest BCUT2D eigenvalue weighted by molar-refractivity contribution is 0.207. The first-order valence-corrected chi connectivity index (χ1v) is 8.74. The number of hydrogen-bond donors (Lipinski definition) is 1. The summed E-state index contributed by atoms with van der Waals surface area (Å²) < 4.78 is 2.42. The molecule has 3 fully saturated rings. The highest BCUT2D eigenvalue weighted by Gasteiger charge is 2.53. The van der Waals surface area contributed by atoms with Gasteiger partial charge in [0.2, 0.25) is 0 Å². The number of aryl methyl sites for hydroxylation is 1. The predicted octanol–water partition coefficient (Wildman–Crippen LogP) is 3.81. The van der Waals surface area contributed by atoms with E-state index in [1.54, 1.807) is 0 Å². The van der Waals surface area contributed by atoms with Gasteiger partial charge in [-0.1, -0.05) is 13.3 Å². The van der Waals surface area contributed by atoms with E-state index in [0.717, 1.165) is 42.8 Å². The van der Waals surface area contributed by atoms with E-state index in [-0.39, 0.29) is 0 Å². The third-order valence-corrected chi connectivity index (χ3v) is 6.36. The van der Waals surface area contributed by atoms with E-state index in [2.05, 4.69) is 35.1 Å². The van der Waals surface area contributed by atoms with Crippen molar-refractivity contribution >= 4 is 0 Å². The van der Waals surface area contributed by atoms with E-state index in [1.807, 2.05) is 0 Å². The Morgan fingerprint density at radius 2 is 2.10 bits per heavy atom. The van der Waals surface area contributed by atoms with Gasteiger partial charge in [0.15, 0.2) is 0 Å². The van der Waals surface area contributed by atoms with Crippen LogP contribution in [0, 0.1) is 23.7 Å². The lowest BCUT2D eigenvalue weighted by atomic mass is 9.79. The normalized spacial score (nSPS) is 38.5. The Hall–Kier alpha value is -0.760. The molecule has 5 unspecified atom stereocenters. The molecule has 4 rings (SSSR count). The maximum absolute atomic E-state index is 3.91. The highest BCUT2D eigenvalue weighted by Crippen LogP contribution is 2.58. The molecule has 3 aliphatic carbocycles. The molecule has 20 heavy (non-hydrogen) atoms. The summed E-state index contributed by atoms with van der Waals surface area (Å²) in [5.74, 6) is 4.25. The summed E-state index contributed by atoms with van der Waals surface area (Å²) in [6.07, 6.45) is 11.0. The molecule has 1 heterocycles. The molecule has 0 radical (unpaired) electrons. The highest BCUT2D eigenvalue weighted by atomic mass is 15.0. The topological polar surface area (TPSA) is 17.0 Å². The molecular weight excluding hydrogens is 244 g/mol. The Bertz CT molecular complexity index is 464. The Balaban J connectivity index is 1.38. The molecule has 0 amide bonds. The maximum atomic E-state index is 3.91. The van der Waals surface area contributed by atoms with E-state index in [4.69, 9.17) is 0 Å². The van der Waals surface area contributed by atoms with Gasteiger partial charge in [0.25, 0.3) is 0 Å².